The number of likely N-dealkylation sites (tertiary alicyclic amines) is 1. The Kier molecular flexibility index (Phi) is 5.48. The molecular weight excluding hydrogens is 344 g/mol. The van der Waals surface area contributed by atoms with Crippen molar-refractivity contribution in [1.29, 1.82) is 0 Å². The second-order valence-corrected chi connectivity index (χ2v) is 6.23. The predicted molar refractivity (Wildman–Crippen MR) is 79.2 cm³/mol. The minimum absolute atomic E-state index is 0.924. The average molecular weight is 362 g/mol. The molecule has 2 rings (SSSR count). The van der Waals surface area contributed by atoms with Gasteiger partial charge in [-0.05, 0) is 49.7 Å². The summed E-state index contributed by atoms with van der Waals surface area (Å²) in [6.45, 7) is 5.73. The van der Waals surface area contributed by atoms with Gasteiger partial charge in [0.05, 0.1) is 0 Å². The summed E-state index contributed by atoms with van der Waals surface area (Å²) in [4.78, 5) is 2.53. The first-order valence-electron chi connectivity index (χ1n) is 6.13. The number of benzene rings is 1. The van der Waals surface area contributed by atoms with Gasteiger partial charge in [-0.15, -0.1) is 0 Å². The smallest absolute Gasteiger partial charge is 0.0221 e. The van der Waals surface area contributed by atoms with Crippen molar-refractivity contribution in [2.24, 2.45) is 0 Å². The summed E-state index contributed by atoms with van der Waals surface area (Å²) in [6.07, 6.45) is 2.74. The van der Waals surface area contributed by atoms with Crippen LogP contribution in [0, 0.1) is 0 Å². The topological polar surface area (TPSA) is 15.3 Å². The Bertz CT molecular complexity index is 362. The van der Waals surface area contributed by atoms with Crippen molar-refractivity contribution in [3.05, 3.63) is 32.7 Å². The van der Waals surface area contributed by atoms with Crippen LogP contribution in [0.25, 0.3) is 0 Å². The third-order valence-corrected chi connectivity index (χ3v) is 4.39. The Morgan fingerprint density at radius 2 is 1.94 bits per heavy atom. The molecule has 0 spiro atoms. The van der Waals surface area contributed by atoms with Crippen LogP contribution in [-0.2, 0) is 6.54 Å². The lowest BCUT2D eigenvalue weighted by atomic mass is 10.2. The highest BCUT2D eigenvalue weighted by Crippen LogP contribution is 2.21. The van der Waals surface area contributed by atoms with Crippen LogP contribution in [0.2, 0.25) is 0 Å². The molecule has 2 nitrogen and oxygen atoms in total. The fourth-order valence-corrected chi connectivity index (χ4v) is 2.94. The van der Waals surface area contributed by atoms with Gasteiger partial charge in [0.25, 0.3) is 0 Å². The number of hydrogen-bond donors (Lipinski definition) is 1. The monoisotopic (exact) mass is 360 g/mol. The zero-order chi connectivity index (χ0) is 12.1. The van der Waals surface area contributed by atoms with E-state index in [0.717, 1.165) is 17.6 Å². The highest BCUT2D eigenvalue weighted by atomic mass is 79.9. The highest BCUT2D eigenvalue weighted by molar-refractivity contribution is 9.11. The van der Waals surface area contributed by atoms with Crippen molar-refractivity contribution in [2.45, 2.75) is 19.4 Å². The molecule has 0 aliphatic carbocycles. The van der Waals surface area contributed by atoms with E-state index in [-0.39, 0.29) is 0 Å². The second kappa shape index (κ2) is 6.88. The fourth-order valence-electron chi connectivity index (χ4n) is 2.15. The fraction of sp³-hybridized carbons (Fsp3) is 0.538. The molecule has 1 N–H and O–H groups in total. The number of hydrogen-bond acceptors (Lipinski definition) is 2. The first-order valence-corrected chi connectivity index (χ1v) is 7.71. The molecule has 1 aliphatic rings. The largest absolute Gasteiger partial charge is 0.311 e. The van der Waals surface area contributed by atoms with Gasteiger partial charge in [-0.1, -0.05) is 31.9 Å². The molecule has 4 heteroatoms. The minimum atomic E-state index is 0.924. The van der Waals surface area contributed by atoms with E-state index >= 15 is 0 Å². The molecule has 0 saturated carbocycles. The molecule has 0 unspecified atom stereocenters. The van der Waals surface area contributed by atoms with E-state index in [4.69, 9.17) is 0 Å². The lowest BCUT2D eigenvalue weighted by molar-refractivity contribution is 0.335. The van der Waals surface area contributed by atoms with Crippen LogP contribution in [0.5, 0.6) is 0 Å². The Balaban J connectivity index is 1.72. The molecule has 0 radical (unpaired) electrons. The van der Waals surface area contributed by atoms with Crippen molar-refractivity contribution in [3.8, 4) is 0 Å². The van der Waals surface area contributed by atoms with Crippen LogP contribution in [0.1, 0.15) is 18.4 Å². The van der Waals surface area contributed by atoms with Crippen LogP contribution in [0.15, 0.2) is 27.1 Å². The lowest BCUT2D eigenvalue weighted by Gasteiger charge is -2.15. The molecular formula is C13H18Br2N2. The molecule has 1 saturated heterocycles. The van der Waals surface area contributed by atoms with Gasteiger partial charge in [-0.2, -0.15) is 0 Å². The summed E-state index contributed by atoms with van der Waals surface area (Å²) in [5, 5.41) is 3.50. The Morgan fingerprint density at radius 3 is 2.71 bits per heavy atom. The molecule has 1 fully saturated rings. The first kappa shape index (κ1) is 13.5. The van der Waals surface area contributed by atoms with Gasteiger partial charge in [0, 0.05) is 28.6 Å². The maximum Gasteiger partial charge on any atom is 0.0221 e. The first-order chi connectivity index (χ1) is 8.25. The SMILES string of the molecule is Brc1ccc(Br)c(CNCCN2CCCC2)c1. The van der Waals surface area contributed by atoms with E-state index in [1.54, 1.807) is 0 Å². The van der Waals surface area contributed by atoms with E-state index in [0.29, 0.717) is 0 Å². The summed E-state index contributed by atoms with van der Waals surface area (Å²) in [6, 6.07) is 6.30. The molecule has 17 heavy (non-hydrogen) atoms. The highest BCUT2D eigenvalue weighted by Gasteiger charge is 2.10. The third kappa shape index (κ3) is 4.36. The molecule has 0 aromatic heterocycles. The Morgan fingerprint density at radius 1 is 1.18 bits per heavy atom. The van der Waals surface area contributed by atoms with Gasteiger partial charge in [0.2, 0.25) is 0 Å². The molecule has 0 atom stereocenters. The van der Waals surface area contributed by atoms with E-state index in [1.807, 2.05) is 0 Å². The Hall–Kier alpha value is 0.1000. The van der Waals surface area contributed by atoms with E-state index < -0.39 is 0 Å². The third-order valence-electron chi connectivity index (χ3n) is 3.13. The van der Waals surface area contributed by atoms with E-state index in [9.17, 15) is 0 Å². The van der Waals surface area contributed by atoms with Gasteiger partial charge in [-0.25, -0.2) is 0 Å². The van der Waals surface area contributed by atoms with Gasteiger partial charge in [0.1, 0.15) is 0 Å². The maximum atomic E-state index is 3.58. The van der Waals surface area contributed by atoms with Gasteiger partial charge in [0.15, 0.2) is 0 Å². The van der Waals surface area contributed by atoms with Crippen LogP contribution in [-0.4, -0.2) is 31.1 Å². The second-order valence-electron chi connectivity index (χ2n) is 4.46. The summed E-state index contributed by atoms with van der Waals surface area (Å²) >= 11 is 7.08. The van der Waals surface area contributed by atoms with Gasteiger partial charge < -0.3 is 10.2 Å². The van der Waals surface area contributed by atoms with Crippen molar-refractivity contribution >= 4 is 31.9 Å². The standard InChI is InChI=1S/C13H18Br2N2/c14-12-3-4-13(15)11(9-12)10-16-5-8-17-6-1-2-7-17/h3-4,9,16H,1-2,5-8,10H2. The van der Waals surface area contributed by atoms with Crippen molar-refractivity contribution in [1.82, 2.24) is 10.2 Å². The number of nitrogens with zero attached hydrogens (tertiary/aromatic N) is 1. The van der Waals surface area contributed by atoms with Crippen molar-refractivity contribution in [2.75, 3.05) is 26.2 Å². The lowest BCUT2D eigenvalue weighted by Crippen LogP contribution is -2.29. The van der Waals surface area contributed by atoms with Crippen LogP contribution in [0.3, 0.4) is 0 Å². The number of halogens is 2. The van der Waals surface area contributed by atoms with E-state index in [1.165, 1.54) is 42.5 Å². The maximum absolute atomic E-state index is 3.58. The van der Waals surface area contributed by atoms with Gasteiger partial charge in [-0.3, -0.25) is 0 Å². The molecule has 0 bridgehead atoms. The molecule has 1 heterocycles. The van der Waals surface area contributed by atoms with E-state index in [2.05, 4.69) is 60.3 Å². The predicted octanol–water partition coefficient (Wildman–Crippen LogP) is 3.40. The quantitative estimate of drug-likeness (QED) is 0.808. The normalized spacial score (nSPS) is 16.6. The van der Waals surface area contributed by atoms with Crippen LogP contribution < -0.4 is 5.32 Å². The molecule has 94 valence electrons. The molecule has 1 aliphatic heterocycles. The summed E-state index contributed by atoms with van der Waals surface area (Å²) in [5.41, 5.74) is 1.31. The number of rotatable bonds is 5. The summed E-state index contributed by atoms with van der Waals surface area (Å²) < 4.78 is 2.31. The van der Waals surface area contributed by atoms with Crippen LogP contribution in [0.4, 0.5) is 0 Å². The molecule has 0 amide bonds. The summed E-state index contributed by atoms with van der Waals surface area (Å²) in [5.74, 6) is 0. The average Bonchev–Trinajstić information content (AvgIpc) is 2.82. The molecule has 1 aromatic carbocycles. The van der Waals surface area contributed by atoms with Crippen LogP contribution >= 0.6 is 31.9 Å². The zero-order valence-corrected chi connectivity index (χ0v) is 13.1. The zero-order valence-electron chi connectivity index (χ0n) is 9.88. The van der Waals surface area contributed by atoms with Gasteiger partial charge >= 0.3 is 0 Å². The molecule has 1 aromatic rings. The minimum Gasteiger partial charge on any atom is -0.311 e. The van der Waals surface area contributed by atoms with Crippen molar-refractivity contribution in [3.63, 3.8) is 0 Å². The summed E-state index contributed by atoms with van der Waals surface area (Å²) in [7, 11) is 0. The Labute approximate surface area is 120 Å². The number of nitrogens with one attached hydrogen (secondary N) is 1. The van der Waals surface area contributed by atoms with Crippen molar-refractivity contribution < 1.29 is 0 Å².